The van der Waals surface area contributed by atoms with Gasteiger partial charge < -0.3 is 5.32 Å². The lowest BCUT2D eigenvalue weighted by Crippen LogP contribution is -2.52. The number of likely N-dealkylation sites (tertiary alicyclic amines) is 1. The van der Waals surface area contributed by atoms with Crippen molar-refractivity contribution in [2.75, 3.05) is 7.05 Å². The minimum absolute atomic E-state index is 0.236. The van der Waals surface area contributed by atoms with Gasteiger partial charge in [0.1, 0.15) is 12.5 Å². The van der Waals surface area contributed by atoms with Crippen molar-refractivity contribution in [1.82, 2.24) is 10.2 Å². The molecule has 0 aromatic heterocycles. The lowest BCUT2D eigenvalue weighted by Gasteiger charge is -2.27. The number of hydrogen-bond acceptors (Lipinski definition) is 4. The summed E-state index contributed by atoms with van der Waals surface area (Å²) in [5.41, 5.74) is 0. The number of nitriles is 1. The van der Waals surface area contributed by atoms with Crippen molar-refractivity contribution < 1.29 is 14.4 Å². The highest BCUT2D eigenvalue weighted by Crippen LogP contribution is 2.11. The zero-order valence-electron chi connectivity index (χ0n) is 8.32. The Kier molecular flexibility index (Phi) is 3.39. The van der Waals surface area contributed by atoms with E-state index < -0.39 is 17.9 Å². The lowest BCUT2D eigenvalue weighted by atomic mass is 10.0. The van der Waals surface area contributed by atoms with E-state index in [1.54, 1.807) is 6.07 Å². The topological polar surface area (TPSA) is 90.3 Å². The predicted octanol–water partition coefficient (Wildman–Crippen LogP) is -0.836. The van der Waals surface area contributed by atoms with Gasteiger partial charge in [0.05, 0.1) is 6.07 Å². The molecular weight excluding hydrogens is 198 g/mol. The number of imide groups is 1. The Balaban J connectivity index is 2.58. The average molecular weight is 209 g/mol. The van der Waals surface area contributed by atoms with Crippen molar-refractivity contribution >= 4 is 17.7 Å². The van der Waals surface area contributed by atoms with E-state index in [1.807, 2.05) is 0 Å². The van der Waals surface area contributed by atoms with Crippen LogP contribution in [0.1, 0.15) is 19.3 Å². The number of piperidine rings is 1. The van der Waals surface area contributed by atoms with Gasteiger partial charge in [0.15, 0.2) is 0 Å². The van der Waals surface area contributed by atoms with Crippen molar-refractivity contribution in [2.45, 2.75) is 25.3 Å². The van der Waals surface area contributed by atoms with Gasteiger partial charge in [-0.15, -0.1) is 0 Å². The maximum absolute atomic E-state index is 11.5. The Labute approximate surface area is 86.8 Å². The molecule has 1 saturated heterocycles. The van der Waals surface area contributed by atoms with Gasteiger partial charge in [0.2, 0.25) is 11.8 Å². The molecule has 0 aliphatic carbocycles. The molecule has 6 heteroatoms. The van der Waals surface area contributed by atoms with Crippen LogP contribution in [0.15, 0.2) is 0 Å². The Hall–Kier alpha value is -1.90. The number of nitrogens with zero attached hydrogens (tertiary/aromatic N) is 2. The summed E-state index contributed by atoms with van der Waals surface area (Å²) < 4.78 is 0. The smallest absolute Gasteiger partial charge is 0.251 e. The SMILES string of the molecule is CN1C(=O)CCC(NC(=O)CC#N)C1=O. The van der Waals surface area contributed by atoms with Gasteiger partial charge >= 0.3 is 0 Å². The van der Waals surface area contributed by atoms with E-state index in [0.29, 0.717) is 6.42 Å². The molecule has 6 nitrogen and oxygen atoms in total. The van der Waals surface area contributed by atoms with Gasteiger partial charge in [-0.1, -0.05) is 0 Å². The van der Waals surface area contributed by atoms with Crippen LogP contribution >= 0.6 is 0 Å². The summed E-state index contributed by atoms with van der Waals surface area (Å²) in [5, 5.41) is 10.7. The first-order valence-corrected chi connectivity index (χ1v) is 4.53. The Morgan fingerprint density at radius 1 is 1.67 bits per heavy atom. The number of carbonyl (C=O) groups excluding carboxylic acids is 3. The molecule has 0 aromatic rings. The van der Waals surface area contributed by atoms with Crippen molar-refractivity contribution in [2.24, 2.45) is 0 Å². The zero-order valence-corrected chi connectivity index (χ0v) is 8.32. The Morgan fingerprint density at radius 3 is 2.93 bits per heavy atom. The van der Waals surface area contributed by atoms with E-state index in [0.717, 1.165) is 4.90 Å². The standard InChI is InChI=1S/C9H11N3O3/c1-12-8(14)3-2-6(9(12)15)11-7(13)4-5-10/h6H,2-4H2,1H3,(H,11,13). The number of rotatable bonds is 2. The second-order valence-electron chi connectivity index (χ2n) is 3.28. The summed E-state index contributed by atoms with van der Waals surface area (Å²) in [6.45, 7) is 0. The normalized spacial score (nSPS) is 21.1. The fourth-order valence-corrected chi connectivity index (χ4v) is 1.37. The lowest BCUT2D eigenvalue weighted by molar-refractivity contribution is -0.149. The van der Waals surface area contributed by atoms with Crippen LogP contribution in [0.3, 0.4) is 0 Å². The van der Waals surface area contributed by atoms with Gasteiger partial charge in [-0.05, 0) is 6.42 Å². The van der Waals surface area contributed by atoms with E-state index in [-0.39, 0.29) is 18.7 Å². The highest BCUT2D eigenvalue weighted by molar-refractivity contribution is 6.01. The minimum Gasteiger partial charge on any atom is -0.343 e. The maximum atomic E-state index is 11.5. The van der Waals surface area contributed by atoms with Gasteiger partial charge in [-0.3, -0.25) is 19.3 Å². The van der Waals surface area contributed by atoms with E-state index >= 15 is 0 Å². The molecule has 80 valence electrons. The Bertz CT molecular complexity index is 345. The van der Waals surface area contributed by atoms with Crippen molar-refractivity contribution in [3.05, 3.63) is 0 Å². The average Bonchev–Trinajstić information content (AvgIpc) is 2.20. The molecule has 0 spiro atoms. The van der Waals surface area contributed by atoms with Crippen LogP contribution in [0.2, 0.25) is 0 Å². The Morgan fingerprint density at radius 2 is 2.33 bits per heavy atom. The van der Waals surface area contributed by atoms with Crippen LogP contribution in [0.4, 0.5) is 0 Å². The van der Waals surface area contributed by atoms with Crippen LogP contribution < -0.4 is 5.32 Å². The highest BCUT2D eigenvalue weighted by atomic mass is 16.2. The summed E-state index contributed by atoms with van der Waals surface area (Å²) in [4.78, 5) is 34.6. The molecule has 1 aliphatic heterocycles. The van der Waals surface area contributed by atoms with Crippen LogP contribution in [0, 0.1) is 11.3 Å². The molecule has 1 fully saturated rings. The van der Waals surface area contributed by atoms with E-state index in [2.05, 4.69) is 5.32 Å². The van der Waals surface area contributed by atoms with Crippen molar-refractivity contribution in [3.63, 3.8) is 0 Å². The number of hydrogen-bond donors (Lipinski definition) is 1. The first-order chi connectivity index (χ1) is 7.06. The zero-order chi connectivity index (χ0) is 11.4. The predicted molar refractivity (Wildman–Crippen MR) is 49.2 cm³/mol. The summed E-state index contributed by atoms with van der Waals surface area (Å²) in [5.74, 6) is -1.15. The third-order valence-electron chi connectivity index (χ3n) is 2.22. The first-order valence-electron chi connectivity index (χ1n) is 4.53. The van der Waals surface area contributed by atoms with Gasteiger partial charge in [0.25, 0.3) is 5.91 Å². The minimum atomic E-state index is -0.673. The summed E-state index contributed by atoms with van der Waals surface area (Å²) in [6.07, 6.45) is 0.264. The molecule has 0 aromatic carbocycles. The molecule has 1 atom stereocenters. The maximum Gasteiger partial charge on any atom is 0.251 e. The second kappa shape index (κ2) is 4.55. The molecule has 0 bridgehead atoms. The summed E-state index contributed by atoms with van der Waals surface area (Å²) >= 11 is 0. The molecule has 1 rings (SSSR count). The second-order valence-corrected chi connectivity index (χ2v) is 3.28. The fraction of sp³-hybridized carbons (Fsp3) is 0.556. The third kappa shape index (κ3) is 2.53. The van der Waals surface area contributed by atoms with Crippen molar-refractivity contribution in [1.29, 1.82) is 5.26 Å². The molecule has 1 N–H and O–H groups in total. The van der Waals surface area contributed by atoms with Crippen LogP contribution in [0.25, 0.3) is 0 Å². The van der Waals surface area contributed by atoms with Gasteiger partial charge in [-0.25, -0.2) is 0 Å². The molecule has 1 heterocycles. The summed E-state index contributed by atoms with van der Waals surface area (Å²) in [6, 6.07) is 1.02. The first kappa shape index (κ1) is 11.2. The van der Waals surface area contributed by atoms with E-state index in [9.17, 15) is 14.4 Å². The third-order valence-corrected chi connectivity index (χ3v) is 2.22. The molecule has 1 aliphatic rings. The molecule has 0 radical (unpaired) electrons. The number of amides is 3. The molecule has 0 saturated carbocycles. The van der Waals surface area contributed by atoms with E-state index in [4.69, 9.17) is 5.26 Å². The number of carbonyl (C=O) groups is 3. The van der Waals surface area contributed by atoms with Crippen LogP contribution in [-0.2, 0) is 14.4 Å². The molecule has 15 heavy (non-hydrogen) atoms. The highest BCUT2D eigenvalue weighted by Gasteiger charge is 2.32. The fourth-order valence-electron chi connectivity index (χ4n) is 1.37. The largest absolute Gasteiger partial charge is 0.343 e. The molecule has 1 unspecified atom stereocenters. The molecule has 3 amide bonds. The number of nitrogens with one attached hydrogen (secondary N) is 1. The van der Waals surface area contributed by atoms with Gasteiger partial charge in [-0.2, -0.15) is 5.26 Å². The quantitative estimate of drug-likeness (QED) is 0.600. The van der Waals surface area contributed by atoms with Gasteiger partial charge in [0, 0.05) is 13.5 Å². The molecular formula is C9H11N3O3. The van der Waals surface area contributed by atoms with Crippen LogP contribution in [0.5, 0.6) is 0 Å². The van der Waals surface area contributed by atoms with Crippen molar-refractivity contribution in [3.8, 4) is 6.07 Å². The monoisotopic (exact) mass is 209 g/mol. The number of likely N-dealkylation sites (N-methyl/N-ethyl adjacent to an activating group) is 1. The van der Waals surface area contributed by atoms with E-state index in [1.165, 1.54) is 7.05 Å². The van der Waals surface area contributed by atoms with Crippen LogP contribution in [-0.4, -0.2) is 35.7 Å². The summed E-state index contributed by atoms with van der Waals surface area (Å²) in [7, 11) is 1.38.